The molecule has 2 atom stereocenters. The van der Waals surface area contributed by atoms with Crippen LogP contribution in [0.15, 0.2) is 77.6 Å². The molecular formula is C42H51N5O5. The van der Waals surface area contributed by atoms with Crippen molar-refractivity contribution in [2.24, 2.45) is 11.7 Å². The maximum absolute atomic E-state index is 14.0. The molecule has 0 bridgehead atoms. The number of nitrogens with one attached hydrogen (secondary N) is 3. The molecule has 1 saturated carbocycles. The second-order valence-corrected chi connectivity index (χ2v) is 14.2. The van der Waals surface area contributed by atoms with Crippen LogP contribution in [0.3, 0.4) is 0 Å². The highest BCUT2D eigenvalue weighted by molar-refractivity contribution is 5.99. The molecule has 1 heterocycles. The summed E-state index contributed by atoms with van der Waals surface area (Å²) in [6.07, 6.45) is 6.83. The average Bonchev–Trinajstić information content (AvgIpc) is 3.47. The third-order valence-corrected chi connectivity index (χ3v) is 10.7. The Morgan fingerprint density at radius 2 is 1.56 bits per heavy atom. The first kappa shape index (κ1) is 36.8. The molecule has 52 heavy (non-hydrogen) atoms. The van der Waals surface area contributed by atoms with Gasteiger partial charge in [-0.25, -0.2) is 4.79 Å². The van der Waals surface area contributed by atoms with Crippen LogP contribution in [0.1, 0.15) is 87.3 Å². The van der Waals surface area contributed by atoms with E-state index in [0.29, 0.717) is 44.5 Å². The van der Waals surface area contributed by atoms with Gasteiger partial charge >= 0.3 is 6.09 Å². The molecule has 0 saturated heterocycles. The van der Waals surface area contributed by atoms with Crippen LogP contribution in [0.4, 0.5) is 10.5 Å². The second kappa shape index (κ2) is 17.0. The zero-order valence-electron chi connectivity index (χ0n) is 30.3. The number of nitrogens with two attached hydrogens (primary N) is 1. The lowest BCUT2D eigenvalue weighted by Gasteiger charge is -2.28. The van der Waals surface area contributed by atoms with Gasteiger partial charge in [-0.2, -0.15) is 0 Å². The lowest BCUT2D eigenvalue weighted by Crippen LogP contribution is -2.53. The first-order valence-corrected chi connectivity index (χ1v) is 18.8. The summed E-state index contributed by atoms with van der Waals surface area (Å²) >= 11 is 0. The van der Waals surface area contributed by atoms with E-state index in [-0.39, 0.29) is 29.9 Å². The summed E-state index contributed by atoms with van der Waals surface area (Å²) in [5, 5.41) is 9.76. The molecule has 1 aromatic heterocycles. The van der Waals surface area contributed by atoms with Gasteiger partial charge in [0.2, 0.25) is 11.8 Å². The zero-order chi connectivity index (χ0) is 36.6. The summed E-state index contributed by atoms with van der Waals surface area (Å²) in [6.45, 7) is 4.90. The van der Waals surface area contributed by atoms with Crippen molar-refractivity contribution in [2.45, 2.75) is 96.2 Å². The van der Waals surface area contributed by atoms with Crippen LogP contribution in [-0.4, -0.2) is 47.7 Å². The molecule has 4 aromatic rings. The Balaban J connectivity index is 1.17. The molecule has 2 aliphatic carbocycles. The van der Waals surface area contributed by atoms with E-state index in [1.54, 1.807) is 22.8 Å². The van der Waals surface area contributed by atoms with Crippen molar-refractivity contribution in [3.8, 4) is 11.1 Å². The fourth-order valence-corrected chi connectivity index (χ4v) is 7.99. The molecular weight excluding hydrogens is 654 g/mol. The van der Waals surface area contributed by atoms with Crippen molar-refractivity contribution in [1.82, 2.24) is 15.2 Å². The van der Waals surface area contributed by atoms with Gasteiger partial charge in [-0.1, -0.05) is 86.7 Å². The Kier molecular flexibility index (Phi) is 12.1. The van der Waals surface area contributed by atoms with E-state index in [1.165, 1.54) is 6.42 Å². The van der Waals surface area contributed by atoms with Crippen molar-refractivity contribution in [1.29, 1.82) is 0 Å². The first-order chi connectivity index (χ1) is 25.3. The number of benzene rings is 3. The van der Waals surface area contributed by atoms with Crippen molar-refractivity contribution in [3.63, 3.8) is 0 Å². The number of pyridine rings is 1. The number of hydrogen-bond acceptors (Lipinski definition) is 6. The van der Waals surface area contributed by atoms with E-state index in [0.717, 1.165) is 64.4 Å². The van der Waals surface area contributed by atoms with Crippen LogP contribution >= 0.6 is 0 Å². The predicted molar refractivity (Wildman–Crippen MR) is 205 cm³/mol. The number of aryl methyl sites for hydroxylation is 2. The number of unbranched alkanes of at least 4 members (excludes halogenated alkanes) is 1. The molecule has 2 aliphatic rings. The van der Waals surface area contributed by atoms with Crippen LogP contribution in [0.2, 0.25) is 0 Å². The van der Waals surface area contributed by atoms with Gasteiger partial charge in [0.1, 0.15) is 18.7 Å². The number of alkyl carbamates (subject to hydrolysis) is 1. The number of ether oxygens (including phenoxy) is 1. The number of rotatable bonds is 14. The Bertz CT molecular complexity index is 1920. The van der Waals surface area contributed by atoms with Crippen LogP contribution in [0, 0.1) is 12.8 Å². The third-order valence-electron chi connectivity index (χ3n) is 10.7. The highest BCUT2D eigenvalue weighted by Crippen LogP contribution is 2.44. The highest BCUT2D eigenvalue weighted by atomic mass is 16.5. The minimum atomic E-state index is -0.869. The predicted octanol–water partition coefficient (Wildman–Crippen LogP) is 6.76. The van der Waals surface area contributed by atoms with E-state index in [4.69, 9.17) is 10.5 Å². The molecule has 0 spiro atoms. The minimum Gasteiger partial charge on any atom is -0.449 e. The van der Waals surface area contributed by atoms with Gasteiger partial charge in [0, 0.05) is 29.6 Å². The second-order valence-electron chi connectivity index (χ2n) is 14.2. The molecule has 3 amide bonds. The minimum absolute atomic E-state index is 0.101. The molecule has 0 unspecified atom stereocenters. The fraction of sp³-hybridized carbons (Fsp3) is 0.429. The Labute approximate surface area is 305 Å². The number of amides is 3. The van der Waals surface area contributed by atoms with E-state index < -0.39 is 24.1 Å². The van der Waals surface area contributed by atoms with Gasteiger partial charge < -0.3 is 31.0 Å². The molecule has 3 aromatic carbocycles. The van der Waals surface area contributed by atoms with E-state index >= 15 is 0 Å². The maximum Gasteiger partial charge on any atom is 0.407 e. The van der Waals surface area contributed by atoms with E-state index in [2.05, 4.69) is 40.2 Å². The summed E-state index contributed by atoms with van der Waals surface area (Å²) < 4.78 is 7.51. The molecule has 10 heteroatoms. The summed E-state index contributed by atoms with van der Waals surface area (Å²) in [4.78, 5) is 54.0. The molecule has 0 radical (unpaired) electrons. The van der Waals surface area contributed by atoms with Gasteiger partial charge in [0.05, 0.1) is 5.52 Å². The molecule has 5 N–H and O–H groups in total. The topological polar surface area (TPSA) is 145 Å². The number of fused-ring (bicyclic) bond motifs is 4. The molecule has 274 valence electrons. The lowest BCUT2D eigenvalue weighted by atomic mass is 9.84. The average molecular weight is 706 g/mol. The standard InChI is InChI=1S/C42H51N5O5/c1-3-47-38-25-29(20-21-30(38)27(2)23-39(47)48)44-40(49)36(19-11-12-22-43)45-41(50)37(24-28-13-5-4-6-14-28)46-42(51)52-26-35-33-17-9-7-15-31(33)32-16-8-10-18-34(32)35/h7-10,15-18,20-21,23,25,28,35-37H,3-6,11-14,19,22,24,26,43H2,1-2H3,(H,44,49)(H,45,50)(H,46,51)/t36-,37-/m0/s1. The van der Waals surface area contributed by atoms with Crippen molar-refractivity contribution < 1.29 is 19.1 Å². The van der Waals surface area contributed by atoms with Gasteiger partial charge in [-0.3, -0.25) is 14.4 Å². The monoisotopic (exact) mass is 705 g/mol. The van der Waals surface area contributed by atoms with E-state index in [9.17, 15) is 19.2 Å². The summed E-state index contributed by atoms with van der Waals surface area (Å²) in [6, 6.07) is 21.7. The highest BCUT2D eigenvalue weighted by Gasteiger charge is 2.32. The Morgan fingerprint density at radius 1 is 0.865 bits per heavy atom. The Hall–Kier alpha value is -4.96. The fourth-order valence-electron chi connectivity index (χ4n) is 7.99. The third kappa shape index (κ3) is 8.39. The zero-order valence-corrected chi connectivity index (χ0v) is 30.3. The largest absolute Gasteiger partial charge is 0.449 e. The van der Waals surface area contributed by atoms with Crippen LogP contribution in [0.25, 0.3) is 22.0 Å². The Morgan fingerprint density at radius 3 is 2.23 bits per heavy atom. The summed E-state index contributed by atoms with van der Waals surface area (Å²) in [5.74, 6) is -0.619. The van der Waals surface area contributed by atoms with Gasteiger partial charge in [0.15, 0.2) is 0 Å². The van der Waals surface area contributed by atoms with Crippen LogP contribution in [-0.2, 0) is 20.9 Å². The first-order valence-electron chi connectivity index (χ1n) is 18.8. The van der Waals surface area contributed by atoms with Gasteiger partial charge in [-0.05, 0) is 91.9 Å². The molecule has 1 fully saturated rings. The number of aromatic nitrogens is 1. The van der Waals surface area contributed by atoms with Crippen LogP contribution < -0.4 is 27.2 Å². The maximum atomic E-state index is 14.0. The number of hydrogen-bond donors (Lipinski definition) is 4. The molecule has 6 rings (SSSR count). The number of carbonyl (C=O) groups excluding carboxylic acids is 3. The SMILES string of the molecule is CCn1c(=O)cc(C)c2ccc(NC(=O)[C@H](CCCCN)NC(=O)[C@H](CC3CCCCC3)NC(=O)OCC3c4ccccc4-c4ccccc43)cc21. The lowest BCUT2D eigenvalue weighted by molar-refractivity contribution is -0.128. The number of nitrogens with zero attached hydrogens (tertiary/aromatic N) is 1. The van der Waals surface area contributed by atoms with Crippen molar-refractivity contribution >= 4 is 34.5 Å². The normalized spacial score (nSPS) is 15.4. The van der Waals surface area contributed by atoms with Crippen LogP contribution in [0.5, 0.6) is 0 Å². The van der Waals surface area contributed by atoms with E-state index in [1.807, 2.05) is 44.2 Å². The number of carbonyl (C=O) groups is 3. The van der Waals surface area contributed by atoms with Crippen molar-refractivity contribution in [2.75, 3.05) is 18.5 Å². The number of anilines is 1. The van der Waals surface area contributed by atoms with Crippen molar-refractivity contribution in [3.05, 3.63) is 99.8 Å². The molecule has 10 nitrogen and oxygen atoms in total. The quantitative estimate of drug-likeness (QED) is 0.107. The van der Waals surface area contributed by atoms with Gasteiger partial charge in [-0.15, -0.1) is 0 Å². The smallest absolute Gasteiger partial charge is 0.407 e. The summed E-state index contributed by atoms with van der Waals surface area (Å²) in [7, 11) is 0. The molecule has 0 aliphatic heterocycles. The summed E-state index contributed by atoms with van der Waals surface area (Å²) in [5.41, 5.74) is 12.3. The van der Waals surface area contributed by atoms with Gasteiger partial charge in [0.25, 0.3) is 5.56 Å².